The molecule has 0 bridgehead atoms. The summed E-state index contributed by atoms with van der Waals surface area (Å²) >= 11 is 0. The zero-order chi connectivity index (χ0) is 12.1. The lowest BCUT2D eigenvalue weighted by molar-refractivity contribution is -0.148. The first-order chi connectivity index (χ1) is 7.60. The van der Waals surface area contributed by atoms with Crippen LogP contribution in [0.25, 0.3) is 0 Å². The van der Waals surface area contributed by atoms with Gasteiger partial charge in [0, 0.05) is 13.0 Å². The van der Waals surface area contributed by atoms with Gasteiger partial charge in [-0.3, -0.25) is 4.79 Å². The minimum atomic E-state index is -0.865. The molecule has 1 aliphatic heterocycles. The zero-order valence-electron chi connectivity index (χ0n) is 10.1. The van der Waals surface area contributed by atoms with Crippen LogP contribution in [0.4, 0.5) is 0 Å². The van der Waals surface area contributed by atoms with Gasteiger partial charge in [0.1, 0.15) is 6.04 Å². The third-order valence-electron chi connectivity index (χ3n) is 3.48. The Morgan fingerprint density at radius 3 is 2.50 bits per heavy atom. The SMILES string of the molecule is CCC(CC)CC(=O)N1CCCC1C(=O)O. The van der Waals surface area contributed by atoms with E-state index in [1.807, 2.05) is 0 Å². The van der Waals surface area contributed by atoms with E-state index >= 15 is 0 Å². The lowest BCUT2D eigenvalue weighted by Gasteiger charge is -2.23. The average molecular weight is 227 g/mol. The molecule has 1 unspecified atom stereocenters. The molecule has 92 valence electrons. The van der Waals surface area contributed by atoms with Crippen molar-refractivity contribution in [2.75, 3.05) is 6.54 Å². The van der Waals surface area contributed by atoms with Crippen molar-refractivity contribution in [3.8, 4) is 0 Å². The Morgan fingerprint density at radius 1 is 1.38 bits per heavy atom. The van der Waals surface area contributed by atoms with Crippen molar-refractivity contribution in [3.05, 3.63) is 0 Å². The molecule has 1 rings (SSSR count). The molecule has 1 amide bonds. The molecule has 4 nitrogen and oxygen atoms in total. The number of hydrogen-bond acceptors (Lipinski definition) is 2. The molecule has 1 heterocycles. The number of amides is 1. The maximum Gasteiger partial charge on any atom is 0.326 e. The van der Waals surface area contributed by atoms with Crippen LogP contribution < -0.4 is 0 Å². The van der Waals surface area contributed by atoms with Crippen molar-refractivity contribution < 1.29 is 14.7 Å². The Balaban J connectivity index is 2.56. The van der Waals surface area contributed by atoms with Crippen LogP contribution in [0, 0.1) is 5.92 Å². The summed E-state index contributed by atoms with van der Waals surface area (Å²) in [5, 5.41) is 8.99. The number of carbonyl (C=O) groups excluding carboxylic acids is 1. The van der Waals surface area contributed by atoms with Crippen molar-refractivity contribution in [3.63, 3.8) is 0 Å². The molecule has 0 aromatic carbocycles. The number of likely N-dealkylation sites (tertiary alicyclic amines) is 1. The van der Waals surface area contributed by atoms with Gasteiger partial charge in [-0.25, -0.2) is 4.79 Å². The smallest absolute Gasteiger partial charge is 0.326 e. The van der Waals surface area contributed by atoms with Gasteiger partial charge >= 0.3 is 5.97 Å². The average Bonchev–Trinajstić information content (AvgIpc) is 2.74. The molecule has 4 heteroatoms. The Morgan fingerprint density at radius 2 is 2.00 bits per heavy atom. The summed E-state index contributed by atoms with van der Waals surface area (Å²) in [6.07, 6.45) is 3.87. The van der Waals surface area contributed by atoms with Gasteiger partial charge in [0.05, 0.1) is 0 Å². The Kier molecular flexibility index (Phi) is 4.77. The predicted octanol–water partition coefficient (Wildman–Crippen LogP) is 1.89. The van der Waals surface area contributed by atoms with Crippen LogP contribution in [0.5, 0.6) is 0 Å². The quantitative estimate of drug-likeness (QED) is 0.780. The van der Waals surface area contributed by atoms with Crippen molar-refractivity contribution in [2.45, 2.75) is 52.0 Å². The third kappa shape index (κ3) is 2.97. The lowest BCUT2D eigenvalue weighted by Crippen LogP contribution is -2.41. The number of rotatable bonds is 5. The normalized spacial score (nSPS) is 20.4. The van der Waals surface area contributed by atoms with E-state index in [9.17, 15) is 9.59 Å². The zero-order valence-corrected chi connectivity index (χ0v) is 10.1. The van der Waals surface area contributed by atoms with E-state index in [1.165, 1.54) is 0 Å². The molecular weight excluding hydrogens is 206 g/mol. The molecule has 0 saturated carbocycles. The largest absolute Gasteiger partial charge is 0.480 e. The van der Waals surface area contributed by atoms with Gasteiger partial charge in [-0.2, -0.15) is 0 Å². The van der Waals surface area contributed by atoms with Crippen LogP contribution in [-0.2, 0) is 9.59 Å². The maximum atomic E-state index is 12.0. The van der Waals surface area contributed by atoms with E-state index in [0.29, 0.717) is 25.3 Å². The van der Waals surface area contributed by atoms with Gasteiger partial charge in [0.25, 0.3) is 0 Å². The molecular formula is C12H21NO3. The van der Waals surface area contributed by atoms with Crippen molar-refractivity contribution in [2.24, 2.45) is 5.92 Å². The monoisotopic (exact) mass is 227 g/mol. The maximum absolute atomic E-state index is 12.0. The summed E-state index contributed by atoms with van der Waals surface area (Å²) in [6.45, 7) is 4.75. The Labute approximate surface area is 96.6 Å². The number of aliphatic carboxylic acids is 1. The van der Waals surface area contributed by atoms with E-state index in [1.54, 1.807) is 4.90 Å². The Bertz CT molecular complexity index is 261. The summed E-state index contributed by atoms with van der Waals surface area (Å²) in [4.78, 5) is 24.4. The topological polar surface area (TPSA) is 57.6 Å². The fraction of sp³-hybridized carbons (Fsp3) is 0.833. The first-order valence-corrected chi connectivity index (χ1v) is 6.12. The van der Waals surface area contributed by atoms with E-state index in [-0.39, 0.29) is 5.91 Å². The minimum Gasteiger partial charge on any atom is -0.480 e. The Hall–Kier alpha value is -1.06. The molecule has 1 N–H and O–H groups in total. The molecule has 1 aliphatic rings. The lowest BCUT2D eigenvalue weighted by atomic mass is 9.98. The number of carboxylic acids is 1. The molecule has 16 heavy (non-hydrogen) atoms. The second kappa shape index (κ2) is 5.87. The molecule has 1 saturated heterocycles. The van der Waals surface area contributed by atoms with Crippen molar-refractivity contribution in [1.82, 2.24) is 4.90 Å². The van der Waals surface area contributed by atoms with Crippen molar-refractivity contribution >= 4 is 11.9 Å². The summed E-state index contributed by atoms with van der Waals surface area (Å²) in [5.41, 5.74) is 0. The van der Waals surface area contributed by atoms with E-state index in [4.69, 9.17) is 5.11 Å². The number of hydrogen-bond donors (Lipinski definition) is 1. The van der Waals surface area contributed by atoms with E-state index in [2.05, 4.69) is 13.8 Å². The van der Waals surface area contributed by atoms with Gasteiger partial charge in [0.2, 0.25) is 5.91 Å². The fourth-order valence-electron chi connectivity index (χ4n) is 2.26. The predicted molar refractivity (Wildman–Crippen MR) is 61.1 cm³/mol. The highest BCUT2D eigenvalue weighted by molar-refractivity contribution is 5.84. The minimum absolute atomic E-state index is 0.0126. The summed E-state index contributed by atoms with van der Waals surface area (Å²) in [6, 6.07) is -0.582. The van der Waals surface area contributed by atoms with Crippen LogP contribution in [0.1, 0.15) is 46.0 Å². The molecule has 0 aliphatic carbocycles. The second-order valence-electron chi connectivity index (χ2n) is 4.47. The molecule has 1 fully saturated rings. The number of carboxylic acid groups (broad SMARTS) is 1. The standard InChI is InChI=1S/C12H21NO3/c1-3-9(4-2)8-11(14)13-7-5-6-10(13)12(15)16/h9-10H,3-8H2,1-2H3,(H,15,16). The van der Waals surface area contributed by atoms with Crippen LogP contribution in [-0.4, -0.2) is 34.5 Å². The highest BCUT2D eigenvalue weighted by Gasteiger charge is 2.34. The van der Waals surface area contributed by atoms with Gasteiger partial charge in [-0.1, -0.05) is 26.7 Å². The molecule has 0 spiro atoms. The molecule has 1 atom stereocenters. The van der Waals surface area contributed by atoms with Gasteiger partial charge in [0.15, 0.2) is 0 Å². The number of nitrogens with zero attached hydrogens (tertiary/aromatic N) is 1. The fourth-order valence-corrected chi connectivity index (χ4v) is 2.26. The summed E-state index contributed by atoms with van der Waals surface area (Å²) in [5.74, 6) is -0.462. The number of carbonyl (C=O) groups is 2. The highest BCUT2D eigenvalue weighted by Crippen LogP contribution is 2.21. The summed E-state index contributed by atoms with van der Waals surface area (Å²) < 4.78 is 0. The highest BCUT2D eigenvalue weighted by atomic mass is 16.4. The van der Waals surface area contributed by atoms with E-state index in [0.717, 1.165) is 19.3 Å². The first kappa shape index (κ1) is 13.0. The third-order valence-corrected chi connectivity index (χ3v) is 3.48. The van der Waals surface area contributed by atoms with Crippen LogP contribution in [0.2, 0.25) is 0 Å². The molecule has 0 radical (unpaired) electrons. The van der Waals surface area contributed by atoms with Crippen LogP contribution >= 0.6 is 0 Å². The molecule has 0 aromatic rings. The molecule has 0 aromatic heterocycles. The van der Waals surface area contributed by atoms with Gasteiger partial charge < -0.3 is 10.0 Å². The van der Waals surface area contributed by atoms with Gasteiger partial charge in [-0.05, 0) is 18.8 Å². The first-order valence-electron chi connectivity index (χ1n) is 6.12. The van der Waals surface area contributed by atoms with Crippen LogP contribution in [0.15, 0.2) is 0 Å². The van der Waals surface area contributed by atoms with Gasteiger partial charge in [-0.15, -0.1) is 0 Å². The van der Waals surface area contributed by atoms with Crippen LogP contribution in [0.3, 0.4) is 0 Å². The van der Waals surface area contributed by atoms with Crippen molar-refractivity contribution in [1.29, 1.82) is 0 Å². The van der Waals surface area contributed by atoms with E-state index < -0.39 is 12.0 Å². The summed E-state index contributed by atoms with van der Waals surface area (Å²) in [7, 11) is 0. The second-order valence-corrected chi connectivity index (χ2v) is 4.47.